The number of rotatable bonds is 2. The molecule has 72 valence electrons. The molecule has 1 fully saturated rings. The van der Waals surface area contributed by atoms with Crippen LogP contribution in [0.3, 0.4) is 0 Å². The summed E-state index contributed by atoms with van der Waals surface area (Å²) in [5.74, 6) is -0.296. The first-order valence-electron chi connectivity index (χ1n) is 4.15. The molecule has 1 atom stereocenters. The molecule has 0 aromatic heterocycles. The molecular weight excluding hydrogens is 185 g/mol. The zero-order chi connectivity index (χ0) is 10.1. The van der Waals surface area contributed by atoms with Gasteiger partial charge in [-0.05, 0) is 17.7 Å². The molecule has 0 bridgehead atoms. The van der Waals surface area contributed by atoms with Gasteiger partial charge in [0.2, 0.25) is 0 Å². The second kappa shape index (κ2) is 3.28. The highest BCUT2D eigenvalue weighted by Gasteiger charge is 2.27. The summed E-state index contributed by atoms with van der Waals surface area (Å²) in [7, 11) is 1.41. The van der Waals surface area contributed by atoms with E-state index in [0.29, 0.717) is 6.61 Å². The first-order chi connectivity index (χ1) is 6.76. The number of ether oxygens (including phenoxy) is 2. The van der Waals surface area contributed by atoms with E-state index >= 15 is 0 Å². The molecule has 0 amide bonds. The van der Waals surface area contributed by atoms with Gasteiger partial charge in [0.15, 0.2) is 0 Å². The number of hydrogen-bond acceptors (Lipinski definition) is 3. The standard InChI is InChI=1S/C10H8FNO2/c1-13-9-3-6(10-5-14-10)2-8(11)7(9)4-12/h2-3,10H,5H2,1H3/t10-/m1/s1. The summed E-state index contributed by atoms with van der Waals surface area (Å²) in [4.78, 5) is 0. The molecule has 1 aromatic rings. The van der Waals surface area contributed by atoms with Crippen LogP contribution in [0.2, 0.25) is 0 Å². The lowest BCUT2D eigenvalue weighted by molar-refractivity contribution is 0.399. The molecule has 0 spiro atoms. The molecule has 0 radical (unpaired) electrons. The van der Waals surface area contributed by atoms with E-state index in [1.807, 2.05) is 0 Å². The van der Waals surface area contributed by atoms with Crippen LogP contribution in [0, 0.1) is 17.1 Å². The zero-order valence-corrected chi connectivity index (χ0v) is 7.58. The van der Waals surface area contributed by atoms with E-state index in [2.05, 4.69) is 0 Å². The van der Waals surface area contributed by atoms with E-state index in [9.17, 15) is 4.39 Å². The molecule has 14 heavy (non-hydrogen) atoms. The molecule has 0 N–H and O–H groups in total. The summed E-state index contributed by atoms with van der Waals surface area (Å²) in [6, 6.07) is 4.72. The highest BCUT2D eigenvalue weighted by Crippen LogP contribution is 2.34. The molecular formula is C10H8FNO2. The Bertz CT molecular complexity index is 407. The molecule has 3 nitrogen and oxygen atoms in total. The monoisotopic (exact) mass is 193 g/mol. The van der Waals surface area contributed by atoms with Gasteiger partial charge in [0.1, 0.15) is 29.3 Å². The fourth-order valence-electron chi connectivity index (χ4n) is 1.30. The van der Waals surface area contributed by atoms with Crippen molar-refractivity contribution >= 4 is 0 Å². The molecule has 0 unspecified atom stereocenters. The minimum absolute atomic E-state index is 0.0360. The maximum atomic E-state index is 13.3. The fourth-order valence-corrected chi connectivity index (χ4v) is 1.30. The van der Waals surface area contributed by atoms with Crippen molar-refractivity contribution in [2.45, 2.75) is 6.10 Å². The molecule has 1 aromatic carbocycles. The summed E-state index contributed by atoms with van der Waals surface area (Å²) in [6.45, 7) is 0.606. The molecule has 4 heteroatoms. The Hall–Kier alpha value is -1.60. The van der Waals surface area contributed by atoms with Gasteiger partial charge in [-0.25, -0.2) is 4.39 Å². The lowest BCUT2D eigenvalue weighted by Gasteiger charge is -2.05. The Kier molecular flexibility index (Phi) is 2.10. The number of benzene rings is 1. The molecule has 2 rings (SSSR count). The number of methoxy groups -OCH3 is 1. The average Bonchev–Trinajstić information content (AvgIpc) is 2.99. The van der Waals surface area contributed by atoms with Gasteiger partial charge in [-0.3, -0.25) is 0 Å². The first-order valence-corrected chi connectivity index (χ1v) is 4.15. The normalized spacial score (nSPS) is 18.8. The fraction of sp³-hybridized carbons (Fsp3) is 0.300. The molecule has 0 aliphatic carbocycles. The van der Waals surface area contributed by atoms with Crippen molar-refractivity contribution in [3.05, 3.63) is 29.1 Å². The second-order valence-electron chi connectivity index (χ2n) is 3.01. The number of nitrogens with zero attached hydrogens (tertiary/aromatic N) is 1. The minimum Gasteiger partial charge on any atom is -0.495 e. The molecule has 1 aliphatic rings. The predicted molar refractivity (Wildman–Crippen MR) is 46.4 cm³/mol. The van der Waals surface area contributed by atoms with Crippen LogP contribution in [0.25, 0.3) is 0 Å². The first kappa shape index (κ1) is 8.97. The van der Waals surface area contributed by atoms with Crippen LogP contribution in [0.1, 0.15) is 17.2 Å². The van der Waals surface area contributed by atoms with E-state index < -0.39 is 5.82 Å². The molecule has 1 aliphatic heterocycles. The van der Waals surface area contributed by atoms with Crippen LogP contribution >= 0.6 is 0 Å². The van der Waals surface area contributed by atoms with Crippen molar-refractivity contribution in [2.75, 3.05) is 13.7 Å². The van der Waals surface area contributed by atoms with E-state index in [0.717, 1.165) is 5.56 Å². The highest BCUT2D eigenvalue weighted by molar-refractivity contribution is 5.47. The second-order valence-corrected chi connectivity index (χ2v) is 3.01. The van der Waals surface area contributed by atoms with Crippen LogP contribution in [0.5, 0.6) is 5.75 Å². The van der Waals surface area contributed by atoms with Crippen LogP contribution < -0.4 is 4.74 Å². The van der Waals surface area contributed by atoms with Gasteiger partial charge in [0.25, 0.3) is 0 Å². The van der Waals surface area contributed by atoms with Gasteiger partial charge >= 0.3 is 0 Å². The largest absolute Gasteiger partial charge is 0.495 e. The summed E-state index contributed by atoms with van der Waals surface area (Å²) in [6.07, 6.45) is -0.0360. The van der Waals surface area contributed by atoms with E-state index in [1.54, 1.807) is 12.1 Å². The Morgan fingerprint density at radius 2 is 2.36 bits per heavy atom. The third-order valence-electron chi connectivity index (χ3n) is 2.11. The number of hydrogen-bond donors (Lipinski definition) is 0. The van der Waals surface area contributed by atoms with Crippen molar-refractivity contribution in [3.63, 3.8) is 0 Å². The Morgan fingerprint density at radius 3 is 2.86 bits per heavy atom. The SMILES string of the molecule is COc1cc([C@H]2CO2)cc(F)c1C#N. The third-order valence-corrected chi connectivity index (χ3v) is 2.11. The van der Waals surface area contributed by atoms with Gasteiger partial charge in [-0.1, -0.05) is 0 Å². The van der Waals surface area contributed by atoms with Crippen LogP contribution in [-0.2, 0) is 4.74 Å². The van der Waals surface area contributed by atoms with E-state index in [4.69, 9.17) is 14.7 Å². The summed E-state index contributed by atoms with van der Waals surface area (Å²) >= 11 is 0. The summed E-state index contributed by atoms with van der Waals surface area (Å²) < 4.78 is 23.3. The Morgan fingerprint density at radius 1 is 1.64 bits per heavy atom. The number of halogens is 1. The predicted octanol–water partition coefficient (Wildman–Crippen LogP) is 1.78. The van der Waals surface area contributed by atoms with Gasteiger partial charge < -0.3 is 9.47 Å². The van der Waals surface area contributed by atoms with Gasteiger partial charge in [0.05, 0.1) is 13.7 Å². The van der Waals surface area contributed by atoms with Crippen LogP contribution in [0.4, 0.5) is 4.39 Å². The Balaban J connectivity index is 2.50. The van der Waals surface area contributed by atoms with Gasteiger partial charge in [-0.15, -0.1) is 0 Å². The van der Waals surface area contributed by atoms with E-state index in [1.165, 1.54) is 13.2 Å². The summed E-state index contributed by atoms with van der Waals surface area (Å²) in [5.41, 5.74) is 0.662. The maximum absolute atomic E-state index is 13.3. The van der Waals surface area contributed by atoms with Crippen molar-refractivity contribution in [1.82, 2.24) is 0 Å². The van der Waals surface area contributed by atoms with Gasteiger partial charge in [-0.2, -0.15) is 5.26 Å². The van der Waals surface area contributed by atoms with Crippen molar-refractivity contribution in [2.24, 2.45) is 0 Å². The number of nitriles is 1. The molecule has 1 heterocycles. The van der Waals surface area contributed by atoms with E-state index in [-0.39, 0.29) is 17.4 Å². The molecule has 1 saturated heterocycles. The topological polar surface area (TPSA) is 45.5 Å². The molecule has 0 saturated carbocycles. The van der Waals surface area contributed by atoms with Gasteiger partial charge in [0, 0.05) is 0 Å². The van der Waals surface area contributed by atoms with Crippen LogP contribution in [0.15, 0.2) is 12.1 Å². The lowest BCUT2D eigenvalue weighted by atomic mass is 10.1. The average molecular weight is 193 g/mol. The van der Waals surface area contributed by atoms with Crippen LogP contribution in [-0.4, -0.2) is 13.7 Å². The lowest BCUT2D eigenvalue weighted by Crippen LogP contribution is -1.94. The van der Waals surface area contributed by atoms with Crippen molar-refractivity contribution in [3.8, 4) is 11.8 Å². The summed E-state index contributed by atoms with van der Waals surface area (Å²) in [5, 5.41) is 8.67. The smallest absolute Gasteiger partial charge is 0.145 e. The number of epoxide rings is 1. The van der Waals surface area contributed by atoms with Crippen molar-refractivity contribution in [1.29, 1.82) is 5.26 Å². The Labute approximate surface area is 80.7 Å². The third kappa shape index (κ3) is 1.42. The zero-order valence-electron chi connectivity index (χ0n) is 7.58. The quantitative estimate of drug-likeness (QED) is 0.672. The van der Waals surface area contributed by atoms with Crippen molar-refractivity contribution < 1.29 is 13.9 Å². The highest BCUT2D eigenvalue weighted by atomic mass is 19.1. The minimum atomic E-state index is -0.558. The maximum Gasteiger partial charge on any atom is 0.145 e.